The van der Waals surface area contributed by atoms with Crippen LogP contribution in [0.1, 0.15) is 20.8 Å². The topological polar surface area (TPSA) is 46.6 Å². The van der Waals surface area contributed by atoms with Gasteiger partial charge in [0.2, 0.25) is 0 Å². The van der Waals surface area contributed by atoms with Crippen LogP contribution in [0, 0.1) is 0 Å². The lowest BCUT2D eigenvalue weighted by atomic mass is 10.2. The minimum atomic E-state index is -3.99. The Morgan fingerprint density at radius 3 is 1.82 bits per heavy atom. The van der Waals surface area contributed by atoms with Crippen LogP contribution in [0.15, 0.2) is 60.7 Å². The molecule has 0 N–H and O–H groups in total. The van der Waals surface area contributed by atoms with E-state index >= 15 is 0 Å². The summed E-state index contributed by atoms with van der Waals surface area (Å²) in [5.41, 5.74) is 0. The molecule has 0 amide bonds. The minimum absolute atomic E-state index is 0.0858. The summed E-state index contributed by atoms with van der Waals surface area (Å²) in [5.74, 6) is 0. The molecule has 1 saturated heterocycles. The molecule has 3 rings (SSSR count). The quantitative estimate of drug-likeness (QED) is 0.529. The second-order valence-corrected chi connectivity index (χ2v) is 14.9. The molecular formula is C20H25ClFNO3SSi. The Balaban J connectivity index is 2.12. The van der Waals surface area contributed by atoms with Gasteiger partial charge in [0.25, 0.3) is 17.6 Å². The van der Waals surface area contributed by atoms with Crippen molar-refractivity contribution in [1.82, 2.24) is 4.31 Å². The molecule has 0 aromatic heterocycles. The van der Waals surface area contributed by atoms with Gasteiger partial charge in [0, 0.05) is 23.8 Å². The number of alkyl halides is 1. The van der Waals surface area contributed by atoms with Gasteiger partial charge in [-0.15, -0.1) is 0 Å². The Morgan fingerprint density at radius 1 is 1.00 bits per heavy atom. The normalized spacial score (nSPS) is 21.8. The predicted molar refractivity (Wildman–Crippen MR) is 114 cm³/mol. The van der Waals surface area contributed by atoms with E-state index in [0.717, 1.165) is 14.7 Å². The maximum Gasteiger partial charge on any atom is 0.299 e. The summed E-state index contributed by atoms with van der Waals surface area (Å²) in [6, 6.07) is 19.7. The molecule has 2 atom stereocenters. The van der Waals surface area contributed by atoms with Crippen molar-refractivity contribution in [3.05, 3.63) is 60.7 Å². The highest BCUT2D eigenvalue weighted by Gasteiger charge is 2.54. The van der Waals surface area contributed by atoms with Crippen molar-refractivity contribution in [1.29, 1.82) is 0 Å². The largest absolute Gasteiger partial charge is 0.400 e. The van der Waals surface area contributed by atoms with Crippen LogP contribution in [0.2, 0.25) is 5.04 Å². The minimum Gasteiger partial charge on any atom is -0.400 e. The molecule has 0 unspecified atom stereocenters. The predicted octanol–water partition coefficient (Wildman–Crippen LogP) is 3.07. The van der Waals surface area contributed by atoms with Gasteiger partial charge in [-0.25, -0.2) is 4.39 Å². The van der Waals surface area contributed by atoms with Crippen molar-refractivity contribution >= 4 is 38.6 Å². The molecule has 8 heteroatoms. The molecule has 0 aliphatic carbocycles. The molecule has 2 aromatic carbocycles. The third-order valence-electron chi connectivity index (χ3n) is 5.22. The average molecular weight is 442 g/mol. The van der Waals surface area contributed by atoms with Crippen molar-refractivity contribution in [2.24, 2.45) is 0 Å². The Kier molecular flexibility index (Phi) is 6.03. The summed E-state index contributed by atoms with van der Waals surface area (Å²) in [4.78, 5) is 0. The van der Waals surface area contributed by atoms with E-state index in [1.54, 1.807) is 0 Å². The van der Waals surface area contributed by atoms with Gasteiger partial charge in [0.05, 0.1) is 6.10 Å². The highest BCUT2D eigenvalue weighted by atomic mass is 35.7. The van der Waals surface area contributed by atoms with E-state index in [9.17, 15) is 12.8 Å². The number of hydrogen-bond donors (Lipinski definition) is 0. The number of rotatable bonds is 5. The van der Waals surface area contributed by atoms with E-state index in [4.69, 9.17) is 15.1 Å². The maximum absolute atomic E-state index is 14.9. The van der Waals surface area contributed by atoms with Crippen LogP contribution in [0.3, 0.4) is 0 Å². The first-order valence-electron chi connectivity index (χ1n) is 9.18. The van der Waals surface area contributed by atoms with Crippen LogP contribution >= 0.6 is 10.7 Å². The van der Waals surface area contributed by atoms with Gasteiger partial charge in [0.1, 0.15) is 6.17 Å². The first-order chi connectivity index (χ1) is 13.1. The lowest BCUT2D eigenvalue weighted by Gasteiger charge is -2.44. The fourth-order valence-corrected chi connectivity index (χ4v) is 9.58. The molecule has 0 radical (unpaired) electrons. The number of hydrogen-bond acceptors (Lipinski definition) is 3. The zero-order valence-corrected chi connectivity index (χ0v) is 18.8. The molecule has 1 aliphatic heterocycles. The van der Waals surface area contributed by atoms with Crippen LogP contribution in [0.4, 0.5) is 4.39 Å². The summed E-state index contributed by atoms with van der Waals surface area (Å²) in [5, 5.41) is 1.73. The third kappa shape index (κ3) is 4.04. The fraction of sp³-hybridized carbons (Fsp3) is 0.400. The van der Waals surface area contributed by atoms with E-state index in [1.807, 2.05) is 60.7 Å². The maximum atomic E-state index is 14.9. The number of nitrogens with zero attached hydrogens (tertiary/aromatic N) is 1. The Bertz CT molecular complexity index is 867. The monoisotopic (exact) mass is 441 g/mol. The molecule has 4 nitrogen and oxygen atoms in total. The first-order valence-corrected chi connectivity index (χ1v) is 13.4. The van der Waals surface area contributed by atoms with Crippen molar-refractivity contribution in [3.8, 4) is 0 Å². The molecular weight excluding hydrogens is 417 g/mol. The van der Waals surface area contributed by atoms with Crippen LogP contribution in [-0.2, 0) is 13.7 Å². The van der Waals surface area contributed by atoms with Gasteiger partial charge in [-0.1, -0.05) is 81.4 Å². The zero-order valence-electron chi connectivity index (χ0n) is 16.2. The van der Waals surface area contributed by atoms with E-state index in [2.05, 4.69) is 20.8 Å². The Morgan fingerprint density at radius 2 is 1.46 bits per heavy atom. The Hall–Kier alpha value is -1.25. The molecule has 1 aliphatic rings. The molecule has 2 aromatic rings. The van der Waals surface area contributed by atoms with Gasteiger partial charge in [-0.2, -0.15) is 12.7 Å². The van der Waals surface area contributed by atoms with Crippen LogP contribution < -0.4 is 10.4 Å². The van der Waals surface area contributed by atoms with Gasteiger partial charge < -0.3 is 4.43 Å². The molecule has 152 valence electrons. The summed E-state index contributed by atoms with van der Waals surface area (Å²) >= 11 is 0. The van der Waals surface area contributed by atoms with Crippen LogP contribution in [-0.4, -0.2) is 46.4 Å². The van der Waals surface area contributed by atoms with E-state index < -0.39 is 29.8 Å². The highest BCUT2D eigenvalue weighted by molar-refractivity contribution is 8.11. The van der Waals surface area contributed by atoms with Crippen LogP contribution in [0.25, 0.3) is 0 Å². The molecule has 0 bridgehead atoms. The average Bonchev–Trinajstić information content (AvgIpc) is 3.01. The second-order valence-electron chi connectivity index (χ2n) is 8.09. The van der Waals surface area contributed by atoms with Gasteiger partial charge in [-0.3, -0.25) is 0 Å². The lowest BCUT2D eigenvalue weighted by molar-refractivity contribution is 0.129. The SMILES string of the molecule is CC(C)(C)[Si](O[C@H]1CN(S(=O)(=O)Cl)C[C@@H]1F)(c1ccccc1)c1ccccc1. The Labute approximate surface area is 172 Å². The standard InChI is InChI=1S/C20H25ClFNO3SSi/c1-20(2,3)28(16-10-6-4-7-11-16,17-12-8-5-9-13-17)26-19-15-23(14-18(19)22)27(21,24)25/h4-13,18-19H,14-15H2,1-3H3/t18-,19-/m0/s1. The summed E-state index contributed by atoms with van der Waals surface area (Å²) in [7, 11) is -1.48. The molecule has 0 spiro atoms. The van der Waals surface area contributed by atoms with E-state index in [-0.39, 0.29) is 18.1 Å². The second kappa shape index (κ2) is 7.87. The van der Waals surface area contributed by atoms with Crippen molar-refractivity contribution < 1.29 is 17.2 Å². The summed E-state index contributed by atoms with van der Waals surface area (Å²) < 4.78 is 45.9. The summed E-state index contributed by atoms with van der Waals surface area (Å²) in [6.45, 7) is 5.92. The van der Waals surface area contributed by atoms with Crippen molar-refractivity contribution in [3.63, 3.8) is 0 Å². The first kappa shape index (κ1) is 21.5. The molecule has 28 heavy (non-hydrogen) atoms. The molecule has 0 saturated carbocycles. The van der Waals surface area contributed by atoms with Gasteiger partial charge >= 0.3 is 0 Å². The van der Waals surface area contributed by atoms with E-state index in [0.29, 0.717) is 0 Å². The lowest BCUT2D eigenvalue weighted by Crippen LogP contribution is -2.68. The molecule has 1 fully saturated rings. The van der Waals surface area contributed by atoms with Crippen molar-refractivity contribution in [2.75, 3.05) is 13.1 Å². The van der Waals surface area contributed by atoms with Crippen LogP contribution in [0.5, 0.6) is 0 Å². The zero-order chi connectivity index (χ0) is 20.6. The van der Waals surface area contributed by atoms with Crippen molar-refractivity contribution in [2.45, 2.75) is 38.1 Å². The third-order valence-corrected chi connectivity index (χ3v) is 11.8. The number of benzene rings is 2. The van der Waals surface area contributed by atoms with Gasteiger partial charge in [-0.05, 0) is 15.4 Å². The highest BCUT2D eigenvalue weighted by Crippen LogP contribution is 2.39. The molecule has 1 heterocycles. The van der Waals surface area contributed by atoms with E-state index in [1.165, 1.54) is 0 Å². The summed E-state index contributed by atoms with van der Waals surface area (Å²) in [6.07, 6.45) is -2.31. The fourth-order valence-electron chi connectivity index (χ4n) is 3.91. The van der Waals surface area contributed by atoms with Gasteiger partial charge in [0.15, 0.2) is 0 Å². The number of halogens is 2. The smallest absolute Gasteiger partial charge is 0.299 e.